The molecule has 3 aromatic rings. The molecule has 0 amide bonds. The summed E-state index contributed by atoms with van der Waals surface area (Å²) in [7, 11) is 0. The van der Waals surface area contributed by atoms with Crippen LogP contribution in [0.5, 0.6) is 0 Å². The van der Waals surface area contributed by atoms with Gasteiger partial charge in [0.25, 0.3) is 0 Å². The Bertz CT molecular complexity index is 644. The molecular weight excluding hydrogens is 353 g/mol. The molecular formula is C15H10BrNSe. The van der Waals surface area contributed by atoms with Gasteiger partial charge < -0.3 is 0 Å². The third-order valence-corrected chi connectivity index (χ3v) is 5.06. The average molecular weight is 363 g/mol. The van der Waals surface area contributed by atoms with Crippen molar-refractivity contribution in [1.82, 2.24) is 4.98 Å². The van der Waals surface area contributed by atoms with Gasteiger partial charge in [-0.3, -0.25) is 0 Å². The van der Waals surface area contributed by atoms with Gasteiger partial charge in [-0.1, -0.05) is 0 Å². The molecule has 0 spiro atoms. The summed E-state index contributed by atoms with van der Waals surface area (Å²) in [6.45, 7) is 0. The second-order valence-electron chi connectivity index (χ2n) is 3.91. The molecule has 18 heavy (non-hydrogen) atoms. The van der Waals surface area contributed by atoms with Crippen molar-refractivity contribution in [3.63, 3.8) is 0 Å². The molecule has 0 aliphatic rings. The minimum atomic E-state index is 0.337. The van der Waals surface area contributed by atoms with E-state index >= 15 is 0 Å². The molecule has 3 rings (SSSR count). The van der Waals surface area contributed by atoms with E-state index in [0.29, 0.717) is 14.5 Å². The first-order valence-electron chi connectivity index (χ1n) is 5.60. The van der Waals surface area contributed by atoms with Crippen molar-refractivity contribution < 1.29 is 0 Å². The van der Waals surface area contributed by atoms with Gasteiger partial charge in [-0.05, 0) is 0 Å². The van der Waals surface area contributed by atoms with E-state index in [1.807, 2.05) is 6.07 Å². The number of rotatable bonds is 2. The predicted octanol–water partition coefficient (Wildman–Crippen LogP) is 4.24. The van der Waals surface area contributed by atoms with E-state index in [1.165, 1.54) is 15.7 Å². The topological polar surface area (TPSA) is 12.9 Å². The van der Waals surface area contributed by atoms with Crippen molar-refractivity contribution in [2.45, 2.75) is 0 Å². The van der Waals surface area contributed by atoms with Gasteiger partial charge in [-0.2, -0.15) is 0 Å². The molecule has 0 aliphatic heterocycles. The van der Waals surface area contributed by atoms with Gasteiger partial charge in [0, 0.05) is 0 Å². The molecule has 0 atom stereocenters. The van der Waals surface area contributed by atoms with Crippen LogP contribution in [0.3, 0.4) is 0 Å². The Kier molecular flexibility index (Phi) is 3.46. The van der Waals surface area contributed by atoms with Gasteiger partial charge in [-0.15, -0.1) is 0 Å². The first-order valence-corrected chi connectivity index (χ1v) is 8.24. The van der Waals surface area contributed by atoms with Crippen LogP contribution in [0.25, 0.3) is 21.4 Å². The van der Waals surface area contributed by atoms with E-state index in [0.717, 1.165) is 10.2 Å². The van der Waals surface area contributed by atoms with Crippen molar-refractivity contribution in [1.29, 1.82) is 0 Å². The molecule has 3 heteroatoms. The quantitative estimate of drug-likeness (QED) is 0.621. The summed E-state index contributed by atoms with van der Waals surface area (Å²) in [5.74, 6) is 0. The molecule has 0 radical (unpaired) electrons. The normalized spacial score (nSPS) is 10.5. The maximum absolute atomic E-state index is 4.75. The maximum atomic E-state index is 4.75. The first-order chi connectivity index (χ1) is 8.83. The van der Waals surface area contributed by atoms with Crippen molar-refractivity contribution in [3.8, 4) is 21.4 Å². The molecule has 2 aromatic carbocycles. The van der Waals surface area contributed by atoms with Gasteiger partial charge in [0.1, 0.15) is 0 Å². The van der Waals surface area contributed by atoms with Crippen LogP contribution in [-0.2, 0) is 0 Å². The SMILES string of the molecule is Brc1ccc(-c2c[se]c(-c3ccccc3)n2)cc1. The Hall–Kier alpha value is -1.15. The molecule has 1 nitrogen and oxygen atoms in total. The third-order valence-electron chi connectivity index (χ3n) is 2.66. The van der Waals surface area contributed by atoms with E-state index in [1.54, 1.807) is 0 Å². The van der Waals surface area contributed by atoms with E-state index < -0.39 is 0 Å². The molecule has 0 N–H and O–H groups in total. The summed E-state index contributed by atoms with van der Waals surface area (Å²) in [4.78, 5) is 7.00. The Morgan fingerprint density at radius 3 is 2.28 bits per heavy atom. The number of hydrogen-bond acceptors (Lipinski definition) is 1. The van der Waals surface area contributed by atoms with Crippen LogP contribution in [0.1, 0.15) is 0 Å². The standard InChI is InChI=1S/C15H10BrNSe/c16-13-8-6-11(7-9-13)14-10-18-15(17-14)12-4-2-1-3-5-12/h1-10H. The van der Waals surface area contributed by atoms with Crippen molar-refractivity contribution in [3.05, 3.63) is 64.0 Å². The van der Waals surface area contributed by atoms with Crippen LogP contribution < -0.4 is 0 Å². The summed E-state index contributed by atoms with van der Waals surface area (Å²) in [6.07, 6.45) is 0. The zero-order chi connectivity index (χ0) is 12.4. The zero-order valence-corrected chi connectivity index (χ0v) is 12.8. The van der Waals surface area contributed by atoms with Gasteiger partial charge in [-0.25, -0.2) is 0 Å². The Morgan fingerprint density at radius 2 is 1.56 bits per heavy atom. The van der Waals surface area contributed by atoms with E-state index in [2.05, 4.69) is 69.4 Å². The Labute approximate surface area is 120 Å². The molecule has 0 unspecified atom stereocenters. The van der Waals surface area contributed by atoms with Crippen LogP contribution in [-0.4, -0.2) is 19.5 Å². The Morgan fingerprint density at radius 1 is 0.833 bits per heavy atom. The van der Waals surface area contributed by atoms with E-state index in [-0.39, 0.29) is 0 Å². The predicted molar refractivity (Wildman–Crippen MR) is 79.7 cm³/mol. The third kappa shape index (κ3) is 2.49. The second kappa shape index (κ2) is 5.23. The van der Waals surface area contributed by atoms with Gasteiger partial charge in [0.05, 0.1) is 0 Å². The van der Waals surface area contributed by atoms with E-state index in [4.69, 9.17) is 4.98 Å². The van der Waals surface area contributed by atoms with Crippen LogP contribution in [0.2, 0.25) is 0 Å². The fourth-order valence-corrected chi connectivity index (χ4v) is 3.76. The summed E-state index contributed by atoms with van der Waals surface area (Å²) in [6, 6.07) is 18.7. The molecule has 1 heterocycles. The number of aromatic nitrogens is 1. The molecule has 0 saturated carbocycles. The van der Waals surface area contributed by atoms with Crippen LogP contribution >= 0.6 is 15.9 Å². The molecule has 0 fully saturated rings. The summed E-state index contributed by atoms with van der Waals surface area (Å²) in [5.41, 5.74) is 3.52. The second-order valence-corrected chi connectivity index (χ2v) is 6.63. The van der Waals surface area contributed by atoms with Crippen LogP contribution in [0, 0.1) is 0 Å². The van der Waals surface area contributed by atoms with Crippen molar-refractivity contribution >= 4 is 30.4 Å². The summed E-state index contributed by atoms with van der Waals surface area (Å²) < 4.78 is 2.31. The van der Waals surface area contributed by atoms with Gasteiger partial charge in [0.15, 0.2) is 0 Å². The molecule has 0 aliphatic carbocycles. The summed E-state index contributed by atoms with van der Waals surface area (Å²) >= 11 is 3.79. The number of halogens is 1. The first kappa shape index (κ1) is 11.9. The molecule has 0 saturated heterocycles. The van der Waals surface area contributed by atoms with Crippen molar-refractivity contribution in [2.75, 3.05) is 0 Å². The number of benzene rings is 2. The van der Waals surface area contributed by atoms with Crippen LogP contribution in [0.4, 0.5) is 0 Å². The van der Waals surface area contributed by atoms with Crippen molar-refractivity contribution in [2.24, 2.45) is 0 Å². The monoisotopic (exact) mass is 363 g/mol. The molecule has 88 valence electrons. The minimum absolute atomic E-state index is 0.337. The number of hydrogen-bond donors (Lipinski definition) is 0. The van der Waals surface area contributed by atoms with Gasteiger partial charge >= 0.3 is 121 Å². The number of nitrogens with zero attached hydrogens (tertiary/aromatic N) is 1. The fraction of sp³-hybridized carbons (Fsp3) is 0. The fourth-order valence-electron chi connectivity index (χ4n) is 1.74. The molecule has 0 bridgehead atoms. The average Bonchev–Trinajstić information content (AvgIpc) is 2.90. The summed E-state index contributed by atoms with van der Waals surface area (Å²) in [5, 5.41) is 0. The van der Waals surface area contributed by atoms with Crippen LogP contribution in [0.15, 0.2) is 64.0 Å². The molecule has 1 aromatic heterocycles. The van der Waals surface area contributed by atoms with Gasteiger partial charge in [0.2, 0.25) is 0 Å². The van der Waals surface area contributed by atoms with E-state index in [9.17, 15) is 0 Å². The Balaban J connectivity index is 1.97. The zero-order valence-electron chi connectivity index (χ0n) is 9.51.